The number of rotatable bonds is 11. The molecule has 9 heteroatoms. The molecule has 0 aliphatic carbocycles. The van der Waals surface area contributed by atoms with Crippen molar-refractivity contribution in [2.75, 3.05) is 0 Å². The van der Waals surface area contributed by atoms with Crippen LogP contribution in [-0.4, -0.2) is 11.1 Å². The van der Waals surface area contributed by atoms with Gasteiger partial charge in [-0.25, -0.2) is 4.79 Å². The Labute approximate surface area is 245 Å². The van der Waals surface area contributed by atoms with Crippen molar-refractivity contribution in [3.63, 3.8) is 0 Å². The molecular formula is C25H30Br2CuO2S4. The summed E-state index contributed by atoms with van der Waals surface area (Å²) < 4.78 is 7.47. The Kier molecular flexibility index (Phi) is 13.9. The maximum Gasteiger partial charge on any atom is 0.346 e. The molecule has 0 saturated carbocycles. The molecule has 4 rings (SSSR count). The van der Waals surface area contributed by atoms with Crippen molar-refractivity contribution >= 4 is 102 Å². The number of thiophene rings is 4. The van der Waals surface area contributed by atoms with Crippen LogP contribution in [0.15, 0.2) is 25.1 Å². The summed E-state index contributed by atoms with van der Waals surface area (Å²) in [6, 6.07) is 0. The Morgan fingerprint density at radius 1 is 0.765 bits per heavy atom. The summed E-state index contributed by atoms with van der Waals surface area (Å²) in [7, 11) is 0. The summed E-state index contributed by atoms with van der Waals surface area (Å²) in [5.74, 6) is -0.791. The van der Waals surface area contributed by atoms with Gasteiger partial charge in [-0.2, -0.15) is 0 Å². The largest absolute Gasteiger partial charge is 0.477 e. The molecule has 191 valence electrons. The first kappa shape index (κ1) is 30.5. The molecule has 0 spiro atoms. The van der Waals surface area contributed by atoms with Gasteiger partial charge < -0.3 is 5.11 Å². The number of fused-ring (bicyclic) bond motifs is 2. The number of hydrogen-bond acceptors (Lipinski definition) is 5. The standard InChI is InChI=1S/C13H15BrO2S2.C12H15BrS2.Cu/c1-2-3-4-5-6-8-10-12(9(14)7-17-10)18-11(8)13(15)16;1-2-3-4-5-6-9-7-14-12-10(13)8-15-11(9)12;/h7H,2-6H2,1H3,(H,15,16);7-8H,2-6H2,1H3;. The van der Waals surface area contributed by atoms with E-state index in [-0.39, 0.29) is 17.1 Å². The van der Waals surface area contributed by atoms with Gasteiger partial charge in [-0.15, -0.1) is 45.3 Å². The molecule has 0 unspecified atom stereocenters. The summed E-state index contributed by atoms with van der Waals surface area (Å²) in [6.45, 7) is 4.45. The SMILES string of the molecule is CCCCCCc1c(C(=O)O)sc2c(Br)csc12.CCCCCCc1csc2c(Br)csc12.[Cu]. The molecule has 0 aromatic carbocycles. The van der Waals surface area contributed by atoms with Gasteiger partial charge >= 0.3 is 5.97 Å². The van der Waals surface area contributed by atoms with E-state index in [2.05, 4.69) is 56.5 Å². The molecule has 34 heavy (non-hydrogen) atoms. The van der Waals surface area contributed by atoms with E-state index >= 15 is 0 Å². The molecule has 0 bridgehead atoms. The second-order valence-corrected chi connectivity index (χ2v) is 13.4. The van der Waals surface area contributed by atoms with Crippen molar-refractivity contribution in [1.82, 2.24) is 0 Å². The van der Waals surface area contributed by atoms with Gasteiger partial charge in [-0.1, -0.05) is 52.4 Å². The van der Waals surface area contributed by atoms with Crippen LogP contribution in [0, 0.1) is 0 Å². The molecule has 4 aromatic rings. The molecule has 4 heterocycles. The van der Waals surface area contributed by atoms with Gasteiger partial charge in [-0.3, -0.25) is 0 Å². The molecule has 0 atom stereocenters. The zero-order valence-corrected chi connectivity index (χ0v) is 26.7. The van der Waals surface area contributed by atoms with E-state index in [1.807, 2.05) is 28.1 Å². The molecule has 1 radical (unpaired) electrons. The zero-order chi connectivity index (χ0) is 23.8. The van der Waals surface area contributed by atoms with E-state index in [1.54, 1.807) is 16.9 Å². The molecule has 0 fully saturated rings. The van der Waals surface area contributed by atoms with Gasteiger partial charge in [0.1, 0.15) is 4.88 Å². The Balaban J connectivity index is 0.000000237. The number of carboxylic acids is 1. The van der Waals surface area contributed by atoms with E-state index in [0.29, 0.717) is 4.88 Å². The second kappa shape index (κ2) is 15.5. The van der Waals surface area contributed by atoms with E-state index in [1.165, 1.54) is 76.6 Å². The summed E-state index contributed by atoms with van der Waals surface area (Å²) in [5.41, 5.74) is 2.59. The van der Waals surface area contributed by atoms with E-state index in [9.17, 15) is 9.90 Å². The summed E-state index contributed by atoms with van der Waals surface area (Å²) in [6.07, 6.45) is 12.2. The van der Waals surface area contributed by atoms with Crippen LogP contribution in [0.2, 0.25) is 0 Å². The molecule has 1 N–H and O–H groups in total. The average molecular weight is 714 g/mol. The van der Waals surface area contributed by atoms with Crippen LogP contribution >= 0.6 is 77.2 Å². The van der Waals surface area contributed by atoms with Crippen molar-refractivity contribution in [3.05, 3.63) is 41.1 Å². The first-order valence-electron chi connectivity index (χ1n) is 11.5. The topological polar surface area (TPSA) is 37.3 Å². The van der Waals surface area contributed by atoms with Crippen LogP contribution in [0.1, 0.15) is 86.0 Å². The van der Waals surface area contributed by atoms with Crippen molar-refractivity contribution in [2.24, 2.45) is 0 Å². The second-order valence-electron chi connectivity index (χ2n) is 8.08. The van der Waals surface area contributed by atoms with Crippen molar-refractivity contribution in [1.29, 1.82) is 0 Å². The average Bonchev–Trinajstić information content (AvgIpc) is 3.54. The monoisotopic (exact) mass is 711 g/mol. The maximum atomic E-state index is 11.3. The zero-order valence-electron chi connectivity index (χ0n) is 19.3. The van der Waals surface area contributed by atoms with Gasteiger partial charge in [0, 0.05) is 41.5 Å². The molecule has 0 amide bonds. The quantitative estimate of drug-likeness (QED) is 0.124. The predicted molar refractivity (Wildman–Crippen MR) is 157 cm³/mol. The van der Waals surface area contributed by atoms with Crippen LogP contribution in [0.4, 0.5) is 0 Å². The third-order valence-corrected chi connectivity index (χ3v) is 12.6. The molecule has 0 aliphatic rings. The fraction of sp³-hybridized carbons (Fsp3) is 0.480. The van der Waals surface area contributed by atoms with Crippen LogP contribution < -0.4 is 0 Å². The van der Waals surface area contributed by atoms with Gasteiger partial charge in [0.05, 0.1) is 14.1 Å². The number of carbonyl (C=O) groups is 1. The summed E-state index contributed by atoms with van der Waals surface area (Å²) in [5, 5.41) is 15.9. The van der Waals surface area contributed by atoms with Gasteiger partial charge in [0.15, 0.2) is 0 Å². The molecule has 0 aliphatic heterocycles. The fourth-order valence-electron chi connectivity index (χ4n) is 3.78. The number of aromatic carboxylic acids is 1. The first-order chi connectivity index (χ1) is 16.0. The van der Waals surface area contributed by atoms with Crippen molar-refractivity contribution in [3.8, 4) is 0 Å². The summed E-state index contributed by atoms with van der Waals surface area (Å²) in [4.78, 5) is 11.8. The Morgan fingerprint density at radius 3 is 1.94 bits per heavy atom. The minimum Gasteiger partial charge on any atom is -0.477 e. The predicted octanol–water partition coefficient (Wildman–Crippen LogP) is 11.4. The van der Waals surface area contributed by atoms with E-state index < -0.39 is 5.97 Å². The molecule has 0 saturated heterocycles. The number of halogens is 2. The smallest absolute Gasteiger partial charge is 0.346 e. The third-order valence-electron chi connectivity index (χ3n) is 5.54. The van der Waals surface area contributed by atoms with Crippen LogP contribution in [0.3, 0.4) is 0 Å². The third kappa shape index (κ3) is 7.88. The molecule has 2 nitrogen and oxygen atoms in total. The van der Waals surface area contributed by atoms with Crippen LogP contribution in [0.5, 0.6) is 0 Å². The Bertz CT molecular complexity index is 1170. The first-order valence-corrected chi connectivity index (χ1v) is 16.6. The fourth-order valence-corrected chi connectivity index (χ4v) is 10.0. The number of carboxylic acid groups (broad SMARTS) is 1. The van der Waals surface area contributed by atoms with Crippen LogP contribution in [0.25, 0.3) is 18.8 Å². The minimum absolute atomic E-state index is 0. The van der Waals surface area contributed by atoms with Gasteiger partial charge in [0.2, 0.25) is 0 Å². The van der Waals surface area contributed by atoms with E-state index in [4.69, 9.17) is 0 Å². The summed E-state index contributed by atoms with van der Waals surface area (Å²) >= 11 is 13.9. The minimum atomic E-state index is -0.791. The number of aryl methyl sites for hydroxylation is 2. The van der Waals surface area contributed by atoms with Crippen LogP contribution in [-0.2, 0) is 29.9 Å². The normalized spacial score (nSPS) is 10.9. The van der Waals surface area contributed by atoms with Gasteiger partial charge in [0.25, 0.3) is 0 Å². The van der Waals surface area contributed by atoms with Gasteiger partial charge in [-0.05, 0) is 74.1 Å². The maximum absolute atomic E-state index is 11.3. The number of hydrogen-bond donors (Lipinski definition) is 1. The van der Waals surface area contributed by atoms with Crippen molar-refractivity contribution < 1.29 is 27.0 Å². The Morgan fingerprint density at radius 2 is 1.32 bits per heavy atom. The number of unbranched alkanes of at least 4 members (excludes halogenated alkanes) is 6. The van der Waals surface area contributed by atoms with E-state index in [0.717, 1.165) is 32.3 Å². The van der Waals surface area contributed by atoms with Crippen molar-refractivity contribution in [2.45, 2.75) is 78.1 Å². The molecular weight excluding hydrogens is 684 g/mol. The Hall–Kier alpha value is 0.269. The molecule has 4 aromatic heterocycles.